The van der Waals surface area contributed by atoms with E-state index in [-0.39, 0.29) is 36.8 Å². The molecule has 3 N–H and O–H groups in total. The fourth-order valence-corrected chi connectivity index (χ4v) is 1.46. The Morgan fingerprint density at radius 2 is 2.00 bits per heavy atom. The van der Waals surface area contributed by atoms with E-state index in [0.717, 1.165) is 19.4 Å². The number of carbonyl (C=O) groups is 1. The molecule has 0 rings (SSSR count). The van der Waals surface area contributed by atoms with Gasteiger partial charge in [-0.25, -0.2) is 0 Å². The minimum Gasteiger partial charge on any atom is -0.377 e. The van der Waals surface area contributed by atoms with E-state index in [4.69, 9.17) is 10.5 Å². The lowest BCUT2D eigenvalue weighted by Gasteiger charge is -2.19. The Bertz CT molecular complexity index is 207. The Morgan fingerprint density at radius 3 is 2.47 bits per heavy atom. The summed E-state index contributed by atoms with van der Waals surface area (Å²) >= 11 is 0. The van der Waals surface area contributed by atoms with E-state index < -0.39 is 0 Å². The molecule has 1 unspecified atom stereocenters. The van der Waals surface area contributed by atoms with Crippen molar-refractivity contribution in [2.45, 2.75) is 32.3 Å². The smallest absolute Gasteiger partial charge is 0.220 e. The van der Waals surface area contributed by atoms with Crippen molar-refractivity contribution < 1.29 is 9.53 Å². The SMILES string of the molecule is CCOC(CCN(C)C)CNC(=O)CCCN.Cl.Cl. The number of nitrogens with one attached hydrogen (secondary N) is 1. The van der Waals surface area contributed by atoms with E-state index in [2.05, 4.69) is 10.2 Å². The van der Waals surface area contributed by atoms with E-state index in [0.29, 0.717) is 26.1 Å². The highest BCUT2D eigenvalue weighted by Gasteiger charge is 2.10. The van der Waals surface area contributed by atoms with Crippen molar-refractivity contribution in [1.29, 1.82) is 0 Å². The first-order valence-electron chi connectivity index (χ1n) is 6.33. The second-order valence-corrected chi connectivity index (χ2v) is 4.37. The van der Waals surface area contributed by atoms with Crippen LogP contribution in [0, 0.1) is 0 Å². The molecule has 0 aliphatic carbocycles. The molecule has 5 nitrogen and oxygen atoms in total. The van der Waals surface area contributed by atoms with Crippen LogP contribution >= 0.6 is 24.8 Å². The average molecular weight is 318 g/mol. The van der Waals surface area contributed by atoms with Gasteiger partial charge in [0.15, 0.2) is 0 Å². The van der Waals surface area contributed by atoms with E-state index in [1.807, 2.05) is 21.0 Å². The van der Waals surface area contributed by atoms with Crippen LogP contribution in [0.5, 0.6) is 0 Å². The summed E-state index contributed by atoms with van der Waals surface area (Å²) in [5, 5.41) is 2.89. The lowest BCUT2D eigenvalue weighted by molar-refractivity contribution is -0.121. The molecule has 7 heteroatoms. The molecular formula is C12H29Cl2N3O2. The molecule has 0 aromatic heterocycles. The van der Waals surface area contributed by atoms with Crippen LogP contribution in [-0.4, -0.2) is 57.2 Å². The first-order valence-corrected chi connectivity index (χ1v) is 6.33. The topological polar surface area (TPSA) is 67.6 Å². The number of hydrogen-bond acceptors (Lipinski definition) is 4. The summed E-state index contributed by atoms with van der Waals surface area (Å²) in [5.74, 6) is 0.0602. The third-order valence-electron chi connectivity index (χ3n) is 2.44. The number of nitrogens with zero attached hydrogens (tertiary/aromatic N) is 1. The van der Waals surface area contributed by atoms with E-state index >= 15 is 0 Å². The standard InChI is InChI=1S/C12H27N3O2.2ClH/c1-4-17-11(7-9-15(2)3)10-14-12(16)6-5-8-13;;/h11H,4-10,13H2,1-3H3,(H,14,16);2*1H. The molecule has 0 heterocycles. The maximum absolute atomic E-state index is 11.4. The molecule has 0 aromatic rings. The molecule has 19 heavy (non-hydrogen) atoms. The quantitative estimate of drug-likeness (QED) is 0.632. The number of nitrogens with two attached hydrogens (primary N) is 1. The zero-order valence-corrected chi connectivity index (χ0v) is 13.8. The lowest BCUT2D eigenvalue weighted by atomic mass is 10.2. The van der Waals surface area contributed by atoms with Gasteiger partial charge in [-0.05, 0) is 40.4 Å². The van der Waals surface area contributed by atoms with Crippen LogP contribution in [0.2, 0.25) is 0 Å². The Hall–Kier alpha value is -0.0700. The van der Waals surface area contributed by atoms with Gasteiger partial charge in [0.25, 0.3) is 0 Å². The summed E-state index contributed by atoms with van der Waals surface area (Å²) in [6.07, 6.45) is 2.27. The van der Waals surface area contributed by atoms with Gasteiger partial charge in [0.2, 0.25) is 5.91 Å². The van der Waals surface area contributed by atoms with Crippen molar-refractivity contribution in [2.75, 3.05) is 40.3 Å². The van der Waals surface area contributed by atoms with Gasteiger partial charge in [0.1, 0.15) is 0 Å². The average Bonchev–Trinajstić information content (AvgIpc) is 2.29. The summed E-state index contributed by atoms with van der Waals surface area (Å²) in [6.45, 7) is 4.76. The predicted octanol–water partition coefficient (Wildman–Crippen LogP) is 1.04. The van der Waals surface area contributed by atoms with Crippen molar-refractivity contribution >= 4 is 30.7 Å². The Morgan fingerprint density at radius 1 is 1.37 bits per heavy atom. The van der Waals surface area contributed by atoms with Gasteiger partial charge in [-0.1, -0.05) is 0 Å². The Balaban J connectivity index is -0.00000128. The highest BCUT2D eigenvalue weighted by molar-refractivity contribution is 5.85. The second kappa shape index (κ2) is 16.0. The minimum atomic E-state index is 0. The molecule has 0 aromatic carbocycles. The number of amides is 1. The Kier molecular flexibility index (Phi) is 20.2. The van der Waals surface area contributed by atoms with Crippen molar-refractivity contribution in [3.8, 4) is 0 Å². The van der Waals surface area contributed by atoms with Gasteiger partial charge in [-0.15, -0.1) is 24.8 Å². The summed E-state index contributed by atoms with van der Waals surface area (Å²) in [6, 6.07) is 0. The molecule has 0 saturated heterocycles. The van der Waals surface area contributed by atoms with Crippen LogP contribution in [-0.2, 0) is 9.53 Å². The molecule has 0 radical (unpaired) electrons. The molecular weight excluding hydrogens is 289 g/mol. The van der Waals surface area contributed by atoms with Crippen molar-refractivity contribution in [1.82, 2.24) is 10.2 Å². The highest BCUT2D eigenvalue weighted by Crippen LogP contribution is 1.99. The summed E-state index contributed by atoms with van der Waals surface area (Å²) < 4.78 is 5.58. The normalized spacial score (nSPS) is 11.4. The van der Waals surface area contributed by atoms with Gasteiger partial charge < -0.3 is 20.7 Å². The van der Waals surface area contributed by atoms with Crippen LogP contribution < -0.4 is 11.1 Å². The second-order valence-electron chi connectivity index (χ2n) is 4.37. The molecule has 0 saturated carbocycles. The summed E-state index contributed by atoms with van der Waals surface area (Å²) in [7, 11) is 4.06. The molecule has 118 valence electrons. The van der Waals surface area contributed by atoms with Crippen molar-refractivity contribution in [3.05, 3.63) is 0 Å². The predicted molar refractivity (Wildman–Crippen MR) is 84.4 cm³/mol. The maximum atomic E-state index is 11.4. The number of ether oxygens (including phenoxy) is 1. The fourth-order valence-electron chi connectivity index (χ4n) is 1.46. The highest BCUT2D eigenvalue weighted by atomic mass is 35.5. The van der Waals surface area contributed by atoms with Crippen LogP contribution in [0.25, 0.3) is 0 Å². The van der Waals surface area contributed by atoms with Crippen LogP contribution in [0.1, 0.15) is 26.2 Å². The van der Waals surface area contributed by atoms with Gasteiger partial charge in [0, 0.05) is 26.1 Å². The molecule has 0 aliphatic heterocycles. The van der Waals surface area contributed by atoms with Crippen LogP contribution in [0.15, 0.2) is 0 Å². The van der Waals surface area contributed by atoms with Crippen LogP contribution in [0.3, 0.4) is 0 Å². The van der Waals surface area contributed by atoms with Crippen molar-refractivity contribution in [2.24, 2.45) is 5.73 Å². The van der Waals surface area contributed by atoms with Crippen LogP contribution in [0.4, 0.5) is 0 Å². The molecule has 0 fully saturated rings. The molecule has 0 spiro atoms. The van der Waals surface area contributed by atoms with E-state index in [9.17, 15) is 4.79 Å². The van der Waals surface area contributed by atoms with E-state index in [1.165, 1.54) is 0 Å². The summed E-state index contributed by atoms with van der Waals surface area (Å²) in [5.41, 5.74) is 5.35. The number of hydrogen-bond donors (Lipinski definition) is 2. The largest absolute Gasteiger partial charge is 0.377 e. The lowest BCUT2D eigenvalue weighted by Crippen LogP contribution is -2.35. The molecule has 1 atom stereocenters. The first kappa shape index (κ1) is 24.0. The zero-order chi connectivity index (χ0) is 13.1. The zero-order valence-electron chi connectivity index (χ0n) is 12.2. The minimum absolute atomic E-state index is 0. The van der Waals surface area contributed by atoms with Gasteiger partial charge in [-0.2, -0.15) is 0 Å². The fraction of sp³-hybridized carbons (Fsp3) is 0.917. The third kappa shape index (κ3) is 15.9. The third-order valence-corrected chi connectivity index (χ3v) is 2.44. The van der Waals surface area contributed by atoms with Gasteiger partial charge in [0.05, 0.1) is 6.10 Å². The van der Waals surface area contributed by atoms with Gasteiger partial charge >= 0.3 is 0 Å². The summed E-state index contributed by atoms with van der Waals surface area (Å²) in [4.78, 5) is 13.5. The number of carbonyl (C=O) groups excluding carboxylic acids is 1. The number of rotatable bonds is 10. The van der Waals surface area contributed by atoms with Gasteiger partial charge in [-0.3, -0.25) is 4.79 Å². The monoisotopic (exact) mass is 317 g/mol. The Labute approximate surface area is 129 Å². The van der Waals surface area contributed by atoms with Crippen molar-refractivity contribution in [3.63, 3.8) is 0 Å². The molecule has 0 bridgehead atoms. The maximum Gasteiger partial charge on any atom is 0.220 e. The molecule has 0 aliphatic rings. The first-order chi connectivity index (χ1) is 8.10. The van der Waals surface area contributed by atoms with E-state index in [1.54, 1.807) is 0 Å². The molecule has 1 amide bonds. The number of halogens is 2.